The topological polar surface area (TPSA) is 88.6 Å². The zero-order valence-electron chi connectivity index (χ0n) is 17.4. The maximum atomic E-state index is 12.2. The van der Waals surface area contributed by atoms with Gasteiger partial charge >= 0.3 is 6.03 Å². The van der Waals surface area contributed by atoms with E-state index in [4.69, 9.17) is 4.52 Å². The van der Waals surface area contributed by atoms with Crippen molar-refractivity contribution in [1.29, 1.82) is 0 Å². The molecule has 2 heterocycles. The third-order valence-corrected chi connectivity index (χ3v) is 5.83. The number of hydrogen-bond acceptors (Lipinski definition) is 5. The van der Waals surface area contributed by atoms with Crippen LogP contribution in [0.2, 0.25) is 0 Å². The van der Waals surface area contributed by atoms with Gasteiger partial charge in [-0.25, -0.2) is 9.78 Å². The van der Waals surface area contributed by atoms with Gasteiger partial charge in [-0.2, -0.15) is 0 Å². The monoisotopic (exact) mass is 434 g/mol. The van der Waals surface area contributed by atoms with Crippen LogP contribution in [-0.2, 0) is 5.75 Å². The molecule has 0 atom stereocenters. The van der Waals surface area contributed by atoms with Crippen LogP contribution in [0.4, 0.5) is 16.2 Å². The lowest BCUT2D eigenvalue weighted by Crippen LogP contribution is -2.19. The highest BCUT2D eigenvalue weighted by molar-refractivity contribution is 7.98. The summed E-state index contributed by atoms with van der Waals surface area (Å²) in [5, 5.41) is 5.67. The largest absolute Gasteiger partial charge is 0.375 e. The standard InChI is InChI=1S/C23H22N4O3S/c1-14-4-5-18(10-15(14)2)26-23(29)25-17-6-8-20(9-7-17)31-13-19-12-22(28)27-21(24-19)11-16(3)30-27/h4-12H,13H2,1-3H3,(H2,25,26,29). The molecule has 0 fully saturated rings. The van der Waals surface area contributed by atoms with Crippen LogP contribution in [0.3, 0.4) is 0 Å². The number of rotatable bonds is 5. The van der Waals surface area contributed by atoms with Gasteiger partial charge in [0.2, 0.25) is 0 Å². The zero-order chi connectivity index (χ0) is 22.0. The number of aromatic nitrogens is 2. The second-order valence-electron chi connectivity index (χ2n) is 7.28. The van der Waals surface area contributed by atoms with Crippen molar-refractivity contribution in [3.05, 3.63) is 87.5 Å². The molecule has 2 aromatic heterocycles. The van der Waals surface area contributed by atoms with Gasteiger partial charge in [-0.15, -0.1) is 16.3 Å². The number of nitrogens with one attached hydrogen (secondary N) is 2. The molecule has 0 spiro atoms. The maximum absolute atomic E-state index is 12.2. The molecule has 0 saturated heterocycles. The van der Waals surface area contributed by atoms with Crippen molar-refractivity contribution >= 4 is 34.8 Å². The molecule has 0 saturated carbocycles. The minimum atomic E-state index is -0.294. The summed E-state index contributed by atoms with van der Waals surface area (Å²) in [6.45, 7) is 5.82. The highest BCUT2D eigenvalue weighted by atomic mass is 32.2. The number of aryl methyl sites for hydroxylation is 3. The van der Waals surface area contributed by atoms with Gasteiger partial charge in [-0.05, 0) is 68.3 Å². The van der Waals surface area contributed by atoms with Crippen molar-refractivity contribution in [1.82, 2.24) is 9.56 Å². The Hall–Kier alpha value is -3.52. The van der Waals surface area contributed by atoms with Gasteiger partial charge in [0, 0.05) is 34.2 Å². The van der Waals surface area contributed by atoms with Crippen LogP contribution in [0.25, 0.3) is 5.65 Å². The lowest BCUT2D eigenvalue weighted by molar-refractivity contribution is 0.262. The number of carbonyl (C=O) groups excluding carboxylic acids is 1. The zero-order valence-corrected chi connectivity index (χ0v) is 18.2. The molecule has 0 unspecified atom stereocenters. The van der Waals surface area contributed by atoms with E-state index in [0.717, 1.165) is 16.1 Å². The highest BCUT2D eigenvalue weighted by Gasteiger charge is 2.08. The second kappa shape index (κ2) is 8.69. The van der Waals surface area contributed by atoms with Crippen molar-refractivity contribution in [2.24, 2.45) is 0 Å². The predicted molar refractivity (Wildman–Crippen MR) is 123 cm³/mol. The lowest BCUT2D eigenvalue weighted by Gasteiger charge is -2.10. The van der Waals surface area contributed by atoms with Gasteiger partial charge in [-0.1, -0.05) is 6.07 Å². The molecule has 4 aromatic rings. The van der Waals surface area contributed by atoms with E-state index in [1.54, 1.807) is 24.8 Å². The first-order valence-corrected chi connectivity index (χ1v) is 10.7. The SMILES string of the molecule is Cc1cc2nc(CSc3ccc(NC(=O)Nc4ccc(C)c(C)c4)cc3)cc(=O)n2o1. The van der Waals surface area contributed by atoms with Gasteiger partial charge in [0.1, 0.15) is 5.76 Å². The molecule has 4 rings (SSSR count). The molecule has 0 aliphatic carbocycles. The number of hydrogen-bond donors (Lipinski definition) is 2. The summed E-state index contributed by atoms with van der Waals surface area (Å²) in [7, 11) is 0. The number of benzene rings is 2. The number of urea groups is 1. The Kier molecular flexibility index (Phi) is 5.81. The van der Waals surface area contributed by atoms with E-state index in [1.165, 1.54) is 16.2 Å². The number of amides is 2. The fourth-order valence-electron chi connectivity index (χ4n) is 3.05. The van der Waals surface area contributed by atoms with Crippen molar-refractivity contribution in [3.63, 3.8) is 0 Å². The molecule has 7 nitrogen and oxygen atoms in total. The molecular formula is C23H22N4O3S. The van der Waals surface area contributed by atoms with Crippen molar-refractivity contribution < 1.29 is 9.32 Å². The van der Waals surface area contributed by atoms with Gasteiger partial charge in [-0.3, -0.25) is 4.79 Å². The molecule has 0 aliphatic rings. The molecule has 8 heteroatoms. The van der Waals surface area contributed by atoms with Crippen molar-refractivity contribution in [2.75, 3.05) is 10.6 Å². The Morgan fingerprint density at radius 3 is 2.42 bits per heavy atom. The average molecular weight is 435 g/mol. The minimum Gasteiger partial charge on any atom is -0.375 e. The van der Waals surface area contributed by atoms with Crippen molar-refractivity contribution in [2.45, 2.75) is 31.4 Å². The summed E-state index contributed by atoms with van der Waals surface area (Å²) in [5.74, 6) is 1.19. The number of carbonyl (C=O) groups is 1. The maximum Gasteiger partial charge on any atom is 0.323 e. The first kappa shape index (κ1) is 20.7. The predicted octanol–water partition coefficient (Wildman–Crippen LogP) is 5.15. The molecular weight excluding hydrogens is 412 g/mol. The molecule has 2 amide bonds. The summed E-state index contributed by atoms with van der Waals surface area (Å²) in [4.78, 5) is 29.8. The number of fused-ring (bicyclic) bond motifs is 1. The van der Waals surface area contributed by atoms with Crippen LogP contribution in [-0.4, -0.2) is 15.6 Å². The van der Waals surface area contributed by atoms with E-state index in [1.807, 2.05) is 56.3 Å². The number of nitrogens with zero attached hydrogens (tertiary/aromatic N) is 2. The second-order valence-corrected chi connectivity index (χ2v) is 8.32. The summed E-state index contributed by atoms with van der Waals surface area (Å²) >= 11 is 1.56. The molecule has 2 N–H and O–H groups in total. The van der Waals surface area contributed by atoms with Gasteiger partial charge < -0.3 is 15.2 Å². The van der Waals surface area contributed by atoms with Crippen LogP contribution < -0.4 is 16.2 Å². The first-order valence-electron chi connectivity index (χ1n) is 9.75. The van der Waals surface area contributed by atoms with E-state index >= 15 is 0 Å². The van der Waals surface area contributed by atoms with Crippen LogP contribution >= 0.6 is 11.8 Å². The van der Waals surface area contributed by atoms with Crippen molar-refractivity contribution in [3.8, 4) is 0 Å². The Morgan fingerprint density at radius 1 is 0.968 bits per heavy atom. The third-order valence-electron chi connectivity index (χ3n) is 4.79. The Morgan fingerprint density at radius 2 is 1.68 bits per heavy atom. The van der Waals surface area contributed by atoms with E-state index in [0.29, 0.717) is 28.5 Å². The average Bonchev–Trinajstić information content (AvgIpc) is 3.11. The fourth-order valence-corrected chi connectivity index (χ4v) is 3.84. The molecule has 31 heavy (non-hydrogen) atoms. The van der Waals surface area contributed by atoms with E-state index < -0.39 is 0 Å². The quantitative estimate of drug-likeness (QED) is 0.424. The fraction of sp³-hybridized carbons (Fsp3) is 0.174. The molecule has 0 radical (unpaired) electrons. The van der Waals surface area contributed by atoms with E-state index in [9.17, 15) is 9.59 Å². The Labute approximate surface area is 183 Å². The Bertz CT molecular complexity index is 1310. The van der Waals surface area contributed by atoms with Gasteiger partial charge in [0.05, 0.1) is 5.69 Å². The van der Waals surface area contributed by atoms with E-state index in [-0.39, 0.29) is 11.6 Å². The molecule has 0 aliphatic heterocycles. The summed E-state index contributed by atoms with van der Waals surface area (Å²) in [6, 6.07) is 16.2. The third kappa shape index (κ3) is 4.97. The van der Waals surface area contributed by atoms with Crippen LogP contribution in [0, 0.1) is 20.8 Å². The first-order chi connectivity index (χ1) is 14.9. The smallest absolute Gasteiger partial charge is 0.323 e. The van der Waals surface area contributed by atoms with Crippen LogP contribution in [0.1, 0.15) is 22.6 Å². The number of thioether (sulfide) groups is 1. The van der Waals surface area contributed by atoms with Gasteiger partial charge in [0.15, 0.2) is 5.65 Å². The lowest BCUT2D eigenvalue weighted by atomic mass is 10.1. The minimum absolute atomic E-state index is 0.233. The van der Waals surface area contributed by atoms with Crippen LogP contribution in [0.5, 0.6) is 0 Å². The highest BCUT2D eigenvalue weighted by Crippen LogP contribution is 2.24. The Balaban J connectivity index is 1.35. The number of anilines is 2. The summed E-state index contributed by atoms with van der Waals surface area (Å²) in [6.07, 6.45) is 0. The molecule has 158 valence electrons. The summed E-state index contributed by atoms with van der Waals surface area (Å²) < 4.78 is 6.49. The van der Waals surface area contributed by atoms with Crippen LogP contribution in [0.15, 0.2) is 68.8 Å². The summed E-state index contributed by atoms with van der Waals surface area (Å²) in [5.41, 5.74) is 4.71. The molecule has 2 aromatic carbocycles. The normalized spacial score (nSPS) is 10.9. The van der Waals surface area contributed by atoms with E-state index in [2.05, 4.69) is 15.6 Å². The molecule has 0 bridgehead atoms. The van der Waals surface area contributed by atoms with Gasteiger partial charge in [0.25, 0.3) is 5.56 Å².